The van der Waals surface area contributed by atoms with Crippen LogP contribution >= 0.6 is 0 Å². The molecule has 1 atom stereocenters. The van der Waals surface area contributed by atoms with E-state index < -0.39 is 0 Å². The molecule has 0 aliphatic heterocycles. The molecule has 1 heterocycles. The quantitative estimate of drug-likeness (QED) is 0.640. The number of nitrogens with zero attached hydrogens (tertiary/aromatic N) is 2. The van der Waals surface area contributed by atoms with Crippen LogP contribution in [0.5, 0.6) is 0 Å². The van der Waals surface area contributed by atoms with E-state index in [1.165, 1.54) is 0 Å². The lowest BCUT2D eigenvalue weighted by atomic mass is 10.2. The second-order valence-electron chi connectivity index (χ2n) is 6.75. The Bertz CT molecular complexity index is 772. The third-order valence-electron chi connectivity index (χ3n) is 4.68. The van der Waals surface area contributed by atoms with Crippen LogP contribution in [0, 0.1) is 0 Å². The minimum Gasteiger partial charge on any atom is -0.355 e. The van der Waals surface area contributed by atoms with Crippen molar-refractivity contribution < 1.29 is 4.79 Å². The van der Waals surface area contributed by atoms with Gasteiger partial charge in [-0.25, -0.2) is 4.98 Å². The fourth-order valence-electron chi connectivity index (χ4n) is 2.87. The Hall–Kier alpha value is -2.21. The molecule has 6 nitrogen and oxygen atoms in total. The first-order chi connectivity index (χ1) is 12.5. The molecule has 0 aliphatic carbocycles. The molecule has 0 bridgehead atoms. The predicted octanol–water partition coefficient (Wildman–Crippen LogP) is 2.83. The number of fused-ring (bicyclic) bond motifs is 1. The highest BCUT2D eigenvalue weighted by Crippen LogP contribution is 2.10. The van der Waals surface area contributed by atoms with Gasteiger partial charge < -0.3 is 10.3 Å². The third kappa shape index (κ3) is 5.66. The van der Waals surface area contributed by atoms with E-state index in [0.29, 0.717) is 36.4 Å². The van der Waals surface area contributed by atoms with Crippen LogP contribution in [0.1, 0.15) is 52.3 Å². The number of benzene rings is 1. The van der Waals surface area contributed by atoms with Gasteiger partial charge in [-0.2, -0.15) is 0 Å². The predicted molar refractivity (Wildman–Crippen MR) is 105 cm³/mol. The van der Waals surface area contributed by atoms with Gasteiger partial charge in [0.05, 0.1) is 24.0 Å². The number of carbonyl (C=O) groups is 1. The number of unbranched alkanes of at least 4 members (excludes halogenated alkanes) is 2. The molecule has 2 rings (SSSR count). The maximum Gasteiger partial charge on any atom is 0.258 e. The van der Waals surface area contributed by atoms with Crippen molar-refractivity contribution in [3.8, 4) is 0 Å². The van der Waals surface area contributed by atoms with Gasteiger partial charge in [0, 0.05) is 12.6 Å². The molecule has 26 heavy (non-hydrogen) atoms. The van der Waals surface area contributed by atoms with Crippen molar-refractivity contribution in [3.05, 3.63) is 40.4 Å². The van der Waals surface area contributed by atoms with E-state index in [1.54, 1.807) is 6.07 Å². The molecule has 1 amide bonds. The summed E-state index contributed by atoms with van der Waals surface area (Å²) in [6, 6.07) is 7.51. The summed E-state index contributed by atoms with van der Waals surface area (Å²) in [4.78, 5) is 34.0. The van der Waals surface area contributed by atoms with Gasteiger partial charge in [0.25, 0.3) is 5.56 Å². The first kappa shape index (κ1) is 20.1. The van der Waals surface area contributed by atoms with E-state index in [4.69, 9.17) is 0 Å². The van der Waals surface area contributed by atoms with Crippen LogP contribution in [0.3, 0.4) is 0 Å². The fraction of sp³-hybridized carbons (Fsp3) is 0.550. The maximum absolute atomic E-state index is 12.3. The molecule has 2 aromatic rings. The topological polar surface area (TPSA) is 78.1 Å². The van der Waals surface area contributed by atoms with Crippen molar-refractivity contribution in [3.63, 3.8) is 0 Å². The molecule has 0 fully saturated rings. The average molecular weight is 358 g/mol. The maximum atomic E-state index is 12.3. The van der Waals surface area contributed by atoms with Crippen LogP contribution in [0.4, 0.5) is 0 Å². The number of rotatable bonds is 10. The third-order valence-corrected chi connectivity index (χ3v) is 4.68. The average Bonchev–Trinajstić information content (AvgIpc) is 2.64. The van der Waals surface area contributed by atoms with Gasteiger partial charge in [-0.3, -0.25) is 14.5 Å². The van der Waals surface area contributed by atoms with Gasteiger partial charge in [0.1, 0.15) is 5.82 Å². The van der Waals surface area contributed by atoms with Crippen LogP contribution in [0.25, 0.3) is 10.9 Å². The van der Waals surface area contributed by atoms with Gasteiger partial charge in [-0.05, 0) is 31.9 Å². The summed E-state index contributed by atoms with van der Waals surface area (Å²) in [6.45, 7) is 7.78. The van der Waals surface area contributed by atoms with E-state index in [-0.39, 0.29) is 17.5 Å². The van der Waals surface area contributed by atoms with Crippen LogP contribution < -0.4 is 10.9 Å². The normalized spacial score (nSPS) is 12.5. The van der Waals surface area contributed by atoms with Crippen molar-refractivity contribution in [2.75, 3.05) is 13.1 Å². The Kier molecular flexibility index (Phi) is 7.78. The second-order valence-corrected chi connectivity index (χ2v) is 6.75. The molecule has 1 unspecified atom stereocenters. The highest BCUT2D eigenvalue weighted by molar-refractivity contribution is 5.78. The number of amides is 1. The Balaban J connectivity index is 2.08. The largest absolute Gasteiger partial charge is 0.355 e. The van der Waals surface area contributed by atoms with Crippen molar-refractivity contribution in [1.29, 1.82) is 0 Å². The molecule has 0 spiro atoms. The van der Waals surface area contributed by atoms with E-state index in [1.807, 2.05) is 18.2 Å². The fourth-order valence-corrected chi connectivity index (χ4v) is 2.87. The number of carbonyl (C=O) groups excluding carboxylic acids is 1. The van der Waals surface area contributed by atoms with Gasteiger partial charge in [-0.1, -0.05) is 38.8 Å². The SMILES string of the molecule is CCCCCNC(=O)CN(Cc1nc2ccccc2c(=O)[nH]1)C(C)CC. The number of hydrogen-bond donors (Lipinski definition) is 2. The molecule has 0 saturated heterocycles. The zero-order valence-electron chi connectivity index (χ0n) is 16.0. The van der Waals surface area contributed by atoms with Crippen LogP contribution in [-0.4, -0.2) is 39.9 Å². The minimum absolute atomic E-state index is 0.0181. The number of nitrogens with one attached hydrogen (secondary N) is 2. The van der Waals surface area contributed by atoms with E-state index in [2.05, 4.69) is 41.0 Å². The number of H-pyrrole nitrogens is 1. The van der Waals surface area contributed by atoms with Crippen LogP contribution in [-0.2, 0) is 11.3 Å². The highest BCUT2D eigenvalue weighted by atomic mass is 16.2. The van der Waals surface area contributed by atoms with Gasteiger partial charge >= 0.3 is 0 Å². The molecule has 1 aromatic heterocycles. The molecule has 0 radical (unpaired) electrons. The molecule has 0 saturated carbocycles. The lowest BCUT2D eigenvalue weighted by Gasteiger charge is -2.27. The first-order valence-corrected chi connectivity index (χ1v) is 9.53. The van der Waals surface area contributed by atoms with E-state index in [9.17, 15) is 9.59 Å². The molecular weight excluding hydrogens is 328 g/mol. The summed E-state index contributed by atoms with van der Waals surface area (Å²) < 4.78 is 0. The molecule has 1 aromatic carbocycles. The number of para-hydroxylation sites is 1. The van der Waals surface area contributed by atoms with Crippen molar-refractivity contribution >= 4 is 16.8 Å². The Labute approximate surface area is 155 Å². The van der Waals surface area contributed by atoms with E-state index >= 15 is 0 Å². The number of hydrogen-bond acceptors (Lipinski definition) is 4. The standard InChI is InChI=1S/C20H30N4O2/c1-4-6-9-12-21-19(25)14-24(15(3)5-2)13-18-22-17-11-8-7-10-16(17)20(26)23-18/h7-8,10-11,15H,4-6,9,12-14H2,1-3H3,(H,21,25)(H,22,23,26). The van der Waals surface area contributed by atoms with Gasteiger partial charge in [-0.15, -0.1) is 0 Å². The first-order valence-electron chi connectivity index (χ1n) is 9.53. The second kappa shape index (κ2) is 10.1. The van der Waals surface area contributed by atoms with Crippen molar-refractivity contribution in [1.82, 2.24) is 20.2 Å². The minimum atomic E-state index is -0.140. The summed E-state index contributed by atoms with van der Waals surface area (Å²) in [7, 11) is 0. The summed E-state index contributed by atoms with van der Waals surface area (Å²) in [5, 5.41) is 3.56. The lowest BCUT2D eigenvalue weighted by molar-refractivity contribution is -0.122. The molecule has 142 valence electrons. The van der Waals surface area contributed by atoms with Gasteiger partial charge in [0.15, 0.2) is 0 Å². The van der Waals surface area contributed by atoms with Crippen LogP contribution in [0.15, 0.2) is 29.1 Å². The summed E-state index contributed by atoms with van der Waals surface area (Å²) in [5.41, 5.74) is 0.540. The smallest absolute Gasteiger partial charge is 0.258 e. The zero-order valence-corrected chi connectivity index (χ0v) is 16.0. The Morgan fingerprint density at radius 3 is 2.77 bits per heavy atom. The van der Waals surface area contributed by atoms with Gasteiger partial charge in [0.2, 0.25) is 5.91 Å². The van der Waals surface area contributed by atoms with Crippen LogP contribution in [0.2, 0.25) is 0 Å². The summed E-state index contributed by atoms with van der Waals surface area (Å²) in [5.74, 6) is 0.609. The number of aromatic amines is 1. The lowest BCUT2D eigenvalue weighted by Crippen LogP contribution is -2.42. The van der Waals surface area contributed by atoms with Crippen molar-refractivity contribution in [2.45, 2.75) is 59.0 Å². The Morgan fingerprint density at radius 2 is 2.04 bits per heavy atom. The summed E-state index contributed by atoms with van der Waals surface area (Å²) >= 11 is 0. The molecular formula is C20H30N4O2. The van der Waals surface area contributed by atoms with E-state index in [0.717, 1.165) is 25.7 Å². The number of aromatic nitrogens is 2. The Morgan fingerprint density at radius 1 is 1.27 bits per heavy atom. The molecule has 6 heteroatoms. The monoisotopic (exact) mass is 358 g/mol. The van der Waals surface area contributed by atoms with Crippen molar-refractivity contribution in [2.24, 2.45) is 0 Å². The molecule has 2 N–H and O–H groups in total. The molecule has 0 aliphatic rings. The zero-order chi connectivity index (χ0) is 18.9. The highest BCUT2D eigenvalue weighted by Gasteiger charge is 2.18. The summed E-state index contributed by atoms with van der Waals surface area (Å²) in [6.07, 6.45) is 4.18.